The van der Waals surface area contributed by atoms with Gasteiger partial charge in [-0.1, -0.05) is 18.6 Å². The van der Waals surface area contributed by atoms with E-state index in [9.17, 15) is 4.79 Å². The molecule has 0 aromatic rings. The highest BCUT2D eigenvalue weighted by molar-refractivity contribution is 5.85. The van der Waals surface area contributed by atoms with E-state index < -0.39 is 5.60 Å². The Labute approximate surface area is 114 Å². The van der Waals surface area contributed by atoms with Crippen molar-refractivity contribution in [2.24, 2.45) is 17.3 Å². The van der Waals surface area contributed by atoms with Crippen LogP contribution in [0.1, 0.15) is 33.1 Å². The Hall–Kier alpha value is -1.09. The molecule has 4 unspecified atom stereocenters. The smallest absolute Gasteiger partial charge is 0.331 e. The minimum Gasteiger partial charge on any atom is -0.451 e. The van der Waals surface area contributed by atoms with Crippen LogP contribution in [-0.4, -0.2) is 25.3 Å². The molecule has 1 saturated carbocycles. The van der Waals surface area contributed by atoms with Gasteiger partial charge in [-0.15, -0.1) is 0 Å². The number of hydrogen-bond donors (Lipinski definition) is 0. The standard InChI is InChI=1S/C16H22O3/c1-4-15(10-18-3)8-12-9-16(6-5-14(17)19-16)13(15)7-11(12)2/h5-7,12-13H,4,8-10H2,1-3H3. The predicted octanol–water partition coefficient (Wildman–Crippen LogP) is 2.87. The first kappa shape index (κ1) is 12.9. The van der Waals surface area contributed by atoms with Gasteiger partial charge in [0.05, 0.1) is 6.61 Å². The molecule has 3 heteroatoms. The number of allylic oxidation sites excluding steroid dienone is 1. The van der Waals surface area contributed by atoms with Crippen molar-refractivity contribution in [2.45, 2.75) is 38.7 Å². The Bertz CT molecular complexity index is 465. The quantitative estimate of drug-likeness (QED) is 0.579. The fraction of sp³-hybridized carbons (Fsp3) is 0.688. The van der Waals surface area contributed by atoms with Crippen molar-refractivity contribution < 1.29 is 14.3 Å². The molecule has 104 valence electrons. The fourth-order valence-corrected chi connectivity index (χ4v) is 4.40. The molecule has 4 rings (SSSR count). The number of carbonyl (C=O) groups is 1. The van der Waals surface area contributed by atoms with Crippen LogP contribution >= 0.6 is 0 Å². The van der Waals surface area contributed by atoms with E-state index in [1.807, 2.05) is 6.08 Å². The summed E-state index contributed by atoms with van der Waals surface area (Å²) < 4.78 is 11.2. The number of carbonyl (C=O) groups excluding carboxylic acids is 1. The monoisotopic (exact) mass is 262 g/mol. The lowest BCUT2D eigenvalue weighted by Gasteiger charge is -2.56. The second-order valence-corrected chi connectivity index (χ2v) is 6.35. The van der Waals surface area contributed by atoms with Crippen molar-refractivity contribution in [2.75, 3.05) is 13.7 Å². The largest absolute Gasteiger partial charge is 0.451 e. The molecule has 1 fully saturated rings. The summed E-state index contributed by atoms with van der Waals surface area (Å²) in [7, 11) is 1.76. The average Bonchev–Trinajstić information content (AvgIpc) is 2.74. The molecule has 3 nitrogen and oxygen atoms in total. The molecule has 2 bridgehead atoms. The molecule has 0 aromatic heterocycles. The lowest BCUT2D eigenvalue weighted by Crippen LogP contribution is -2.57. The van der Waals surface area contributed by atoms with E-state index in [1.165, 1.54) is 5.57 Å². The zero-order valence-corrected chi connectivity index (χ0v) is 11.9. The third-order valence-corrected chi connectivity index (χ3v) is 5.41. The lowest BCUT2D eigenvalue weighted by molar-refractivity contribution is -0.166. The molecule has 4 aliphatic rings. The first-order valence-electron chi connectivity index (χ1n) is 7.15. The Balaban J connectivity index is 2.04. The number of hydrogen-bond acceptors (Lipinski definition) is 3. The van der Waals surface area contributed by atoms with Crippen LogP contribution in [0.2, 0.25) is 0 Å². The second kappa shape index (κ2) is 4.20. The van der Waals surface area contributed by atoms with E-state index >= 15 is 0 Å². The minimum absolute atomic E-state index is 0.103. The van der Waals surface area contributed by atoms with Gasteiger partial charge in [-0.2, -0.15) is 0 Å². The minimum atomic E-state index is -0.409. The van der Waals surface area contributed by atoms with Crippen LogP contribution in [0.3, 0.4) is 0 Å². The number of ether oxygens (including phenoxy) is 2. The van der Waals surface area contributed by atoms with Crippen LogP contribution in [-0.2, 0) is 14.3 Å². The zero-order valence-electron chi connectivity index (χ0n) is 11.9. The van der Waals surface area contributed by atoms with E-state index in [4.69, 9.17) is 9.47 Å². The van der Waals surface area contributed by atoms with Gasteiger partial charge < -0.3 is 9.47 Å². The van der Waals surface area contributed by atoms with Crippen LogP contribution in [0.4, 0.5) is 0 Å². The van der Waals surface area contributed by atoms with E-state index in [0.717, 1.165) is 25.9 Å². The normalized spacial score (nSPS) is 43.7. The van der Waals surface area contributed by atoms with Gasteiger partial charge in [-0.3, -0.25) is 0 Å². The van der Waals surface area contributed by atoms with Crippen molar-refractivity contribution in [1.29, 1.82) is 0 Å². The Morgan fingerprint density at radius 3 is 2.79 bits per heavy atom. The van der Waals surface area contributed by atoms with Crippen LogP contribution in [0.25, 0.3) is 0 Å². The number of methoxy groups -OCH3 is 1. The summed E-state index contributed by atoms with van der Waals surface area (Å²) in [6.07, 6.45) is 9.07. The second-order valence-electron chi connectivity index (χ2n) is 6.35. The van der Waals surface area contributed by atoms with Crippen molar-refractivity contribution in [1.82, 2.24) is 0 Å². The average molecular weight is 262 g/mol. The van der Waals surface area contributed by atoms with Crippen molar-refractivity contribution in [3.8, 4) is 0 Å². The maximum atomic E-state index is 11.6. The summed E-state index contributed by atoms with van der Waals surface area (Å²) in [5.74, 6) is 0.564. The molecular weight excluding hydrogens is 240 g/mol. The van der Waals surface area contributed by atoms with Gasteiger partial charge in [-0.05, 0) is 38.2 Å². The number of fused-ring (bicyclic) bond motifs is 1. The van der Waals surface area contributed by atoms with E-state index in [-0.39, 0.29) is 17.3 Å². The lowest BCUT2D eigenvalue weighted by atomic mass is 9.51. The third-order valence-electron chi connectivity index (χ3n) is 5.41. The molecule has 0 saturated heterocycles. The highest BCUT2D eigenvalue weighted by atomic mass is 16.6. The van der Waals surface area contributed by atoms with Gasteiger partial charge in [0.2, 0.25) is 0 Å². The fourth-order valence-electron chi connectivity index (χ4n) is 4.40. The van der Waals surface area contributed by atoms with Gasteiger partial charge in [-0.25, -0.2) is 4.79 Å². The maximum absolute atomic E-state index is 11.6. The summed E-state index contributed by atoms with van der Waals surface area (Å²) in [5, 5.41) is 0. The van der Waals surface area contributed by atoms with E-state index in [1.54, 1.807) is 13.2 Å². The predicted molar refractivity (Wildman–Crippen MR) is 72.5 cm³/mol. The zero-order chi connectivity index (χ0) is 13.7. The topological polar surface area (TPSA) is 35.5 Å². The van der Waals surface area contributed by atoms with Gasteiger partial charge >= 0.3 is 5.97 Å². The summed E-state index contributed by atoms with van der Waals surface area (Å²) in [4.78, 5) is 11.6. The summed E-state index contributed by atoms with van der Waals surface area (Å²) in [6.45, 7) is 5.16. The van der Waals surface area contributed by atoms with Gasteiger partial charge in [0, 0.05) is 24.5 Å². The van der Waals surface area contributed by atoms with Crippen LogP contribution in [0.5, 0.6) is 0 Å². The Morgan fingerprint density at radius 1 is 1.47 bits per heavy atom. The molecule has 0 N–H and O–H groups in total. The SMILES string of the molecule is CCC1(COC)CC2CC3(C=CC(=O)O3)C1C=C2C. The number of rotatable bonds is 3. The molecule has 3 aliphatic carbocycles. The number of esters is 1. The molecule has 1 spiro atoms. The van der Waals surface area contributed by atoms with E-state index in [0.29, 0.717) is 5.92 Å². The van der Waals surface area contributed by atoms with Crippen molar-refractivity contribution in [3.63, 3.8) is 0 Å². The molecule has 4 atom stereocenters. The highest BCUT2D eigenvalue weighted by Gasteiger charge is 2.59. The van der Waals surface area contributed by atoms with Crippen molar-refractivity contribution in [3.05, 3.63) is 23.8 Å². The summed E-state index contributed by atoms with van der Waals surface area (Å²) in [5.41, 5.74) is 1.15. The van der Waals surface area contributed by atoms with Crippen LogP contribution in [0.15, 0.2) is 23.8 Å². The molecule has 0 aromatic carbocycles. The molecule has 19 heavy (non-hydrogen) atoms. The van der Waals surface area contributed by atoms with Crippen LogP contribution in [0, 0.1) is 17.3 Å². The van der Waals surface area contributed by atoms with Crippen molar-refractivity contribution >= 4 is 5.97 Å². The highest BCUT2D eigenvalue weighted by Crippen LogP contribution is 2.60. The Morgan fingerprint density at radius 2 is 2.26 bits per heavy atom. The molecule has 1 heterocycles. The molecule has 1 aliphatic heterocycles. The Kier molecular flexibility index (Phi) is 2.86. The summed E-state index contributed by atoms with van der Waals surface area (Å²) in [6, 6.07) is 0. The van der Waals surface area contributed by atoms with E-state index in [2.05, 4.69) is 19.9 Å². The summed E-state index contributed by atoms with van der Waals surface area (Å²) >= 11 is 0. The first-order chi connectivity index (χ1) is 9.05. The van der Waals surface area contributed by atoms with Gasteiger partial charge in [0.15, 0.2) is 0 Å². The maximum Gasteiger partial charge on any atom is 0.331 e. The first-order valence-corrected chi connectivity index (χ1v) is 7.15. The third kappa shape index (κ3) is 1.71. The van der Waals surface area contributed by atoms with Gasteiger partial charge in [0.25, 0.3) is 0 Å². The van der Waals surface area contributed by atoms with Crippen LogP contribution < -0.4 is 0 Å². The van der Waals surface area contributed by atoms with Gasteiger partial charge in [0.1, 0.15) is 5.60 Å². The molecule has 0 amide bonds. The molecule has 0 radical (unpaired) electrons. The molecular formula is C16H22O3.